The van der Waals surface area contributed by atoms with E-state index in [-0.39, 0.29) is 11.8 Å². The van der Waals surface area contributed by atoms with Gasteiger partial charge in [0, 0.05) is 12.6 Å². The van der Waals surface area contributed by atoms with Gasteiger partial charge in [-0.25, -0.2) is 0 Å². The van der Waals surface area contributed by atoms with E-state index in [1.807, 2.05) is 48.5 Å². The van der Waals surface area contributed by atoms with E-state index < -0.39 is 0 Å². The number of hydrogen-bond acceptors (Lipinski definition) is 5. The summed E-state index contributed by atoms with van der Waals surface area (Å²) >= 11 is 6.62. The van der Waals surface area contributed by atoms with Crippen LogP contribution >= 0.6 is 24.0 Å². The van der Waals surface area contributed by atoms with Gasteiger partial charge in [-0.3, -0.25) is 14.5 Å². The fourth-order valence-corrected chi connectivity index (χ4v) is 4.52. The summed E-state index contributed by atoms with van der Waals surface area (Å²) in [6, 6.07) is 15.0. The number of hydrogen-bond donors (Lipinski definition) is 0. The minimum absolute atomic E-state index is 0.179. The molecule has 0 atom stereocenters. The SMILES string of the molecule is COc1ccc(CN2C(=O)C(=C3C(=O)N(C)c4ccccc43)SC2=S)cc1. The minimum Gasteiger partial charge on any atom is -0.497 e. The molecule has 0 N–H and O–H groups in total. The van der Waals surface area contributed by atoms with Crippen molar-refractivity contribution in [2.75, 3.05) is 19.1 Å². The van der Waals surface area contributed by atoms with Crippen LogP contribution < -0.4 is 9.64 Å². The highest BCUT2D eigenvalue weighted by Crippen LogP contribution is 2.44. The Hall–Kier alpha value is -2.64. The van der Waals surface area contributed by atoms with Crippen LogP contribution in [0.1, 0.15) is 11.1 Å². The number of likely N-dealkylation sites (N-methyl/N-ethyl adjacent to an activating group) is 1. The zero-order chi connectivity index (χ0) is 19.1. The van der Waals surface area contributed by atoms with Gasteiger partial charge in [0.2, 0.25) is 0 Å². The molecule has 0 spiro atoms. The number of thioether (sulfide) groups is 1. The van der Waals surface area contributed by atoms with Crippen LogP contribution in [0.4, 0.5) is 5.69 Å². The van der Waals surface area contributed by atoms with E-state index in [9.17, 15) is 9.59 Å². The number of anilines is 1. The number of nitrogens with zero attached hydrogens (tertiary/aromatic N) is 2. The van der Waals surface area contributed by atoms with Gasteiger partial charge in [0.1, 0.15) is 10.1 Å². The number of thiocarbonyl (C=S) groups is 1. The highest BCUT2D eigenvalue weighted by Gasteiger charge is 2.40. The van der Waals surface area contributed by atoms with E-state index in [4.69, 9.17) is 17.0 Å². The highest BCUT2D eigenvalue weighted by atomic mass is 32.2. The third kappa shape index (κ3) is 2.93. The summed E-state index contributed by atoms with van der Waals surface area (Å²) in [7, 11) is 3.32. The van der Waals surface area contributed by atoms with Gasteiger partial charge in [-0.1, -0.05) is 54.3 Å². The van der Waals surface area contributed by atoms with E-state index >= 15 is 0 Å². The molecule has 2 aromatic carbocycles. The number of ether oxygens (including phenoxy) is 1. The van der Waals surface area contributed by atoms with E-state index in [1.165, 1.54) is 11.8 Å². The molecule has 0 saturated carbocycles. The smallest absolute Gasteiger partial charge is 0.267 e. The molecule has 0 radical (unpaired) electrons. The molecule has 136 valence electrons. The lowest BCUT2D eigenvalue weighted by molar-refractivity contribution is -0.122. The summed E-state index contributed by atoms with van der Waals surface area (Å²) < 4.78 is 5.62. The summed E-state index contributed by atoms with van der Waals surface area (Å²) in [5, 5.41) is 0. The number of carbonyl (C=O) groups is 2. The Labute approximate surface area is 166 Å². The first-order valence-corrected chi connectivity index (χ1v) is 9.52. The van der Waals surface area contributed by atoms with Gasteiger partial charge in [0.15, 0.2) is 0 Å². The third-order valence-electron chi connectivity index (χ3n) is 4.63. The fraction of sp³-hybridized carbons (Fsp3) is 0.150. The number of methoxy groups -OCH3 is 1. The molecule has 2 aliphatic heterocycles. The first-order chi connectivity index (χ1) is 13.0. The quantitative estimate of drug-likeness (QED) is 0.588. The molecule has 1 fully saturated rings. The average molecular weight is 396 g/mol. The summed E-state index contributed by atoms with van der Waals surface area (Å²) in [4.78, 5) is 29.3. The molecule has 0 unspecified atom stereocenters. The van der Waals surface area contributed by atoms with Crippen LogP contribution in [0.5, 0.6) is 5.75 Å². The lowest BCUT2D eigenvalue weighted by atomic mass is 10.1. The van der Waals surface area contributed by atoms with Gasteiger partial charge in [-0.2, -0.15) is 0 Å². The molecular formula is C20H16N2O3S2. The maximum atomic E-state index is 13.1. The zero-order valence-electron chi connectivity index (χ0n) is 14.8. The molecule has 4 rings (SSSR count). The number of fused-ring (bicyclic) bond motifs is 1. The molecule has 27 heavy (non-hydrogen) atoms. The summed E-state index contributed by atoms with van der Waals surface area (Å²) in [5.41, 5.74) is 2.95. The van der Waals surface area contributed by atoms with Crippen LogP contribution in [0.2, 0.25) is 0 Å². The number of para-hydroxylation sites is 1. The molecule has 0 aromatic heterocycles. The van der Waals surface area contributed by atoms with Gasteiger partial charge >= 0.3 is 0 Å². The Bertz CT molecular complexity index is 999. The van der Waals surface area contributed by atoms with Crippen molar-refractivity contribution in [1.29, 1.82) is 0 Å². The molecule has 5 nitrogen and oxygen atoms in total. The van der Waals surface area contributed by atoms with Crippen LogP contribution in [0, 0.1) is 0 Å². The van der Waals surface area contributed by atoms with Crippen molar-refractivity contribution in [1.82, 2.24) is 4.90 Å². The van der Waals surface area contributed by atoms with Crippen molar-refractivity contribution < 1.29 is 14.3 Å². The van der Waals surface area contributed by atoms with Crippen molar-refractivity contribution in [2.45, 2.75) is 6.54 Å². The summed E-state index contributed by atoms with van der Waals surface area (Å²) in [6.07, 6.45) is 0. The summed E-state index contributed by atoms with van der Waals surface area (Å²) in [6.45, 7) is 0.358. The predicted octanol–water partition coefficient (Wildman–Crippen LogP) is 3.44. The second kappa shape index (κ2) is 6.83. The molecule has 2 heterocycles. The van der Waals surface area contributed by atoms with Gasteiger partial charge < -0.3 is 9.64 Å². The van der Waals surface area contributed by atoms with E-state index in [1.54, 1.807) is 24.0 Å². The summed E-state index contributed by atoms with van der Waals surface area (Å²) in [5.74, 6) is 0.345. The number of rotatable bonds is 3. The first-order valence-electron chi connectivity index (χ1n) is 8.29. The average Bonchev–Trinajstić information content (AvgIpc) is 3.10. The molecule has 2 amide bonds. The van der Waals surface area contributed by atoms with Crippen molar-refractivity contribution in [3.8, 4) is 5.75 Å². The van der Waals surface area contributed by atoms with Gasteiger partial charge in [-0.05, 0) is 23.8 Å². The van der Waals surface area contributed by atoms with Gasteiger partial charge in [-0.15, -0.1) is 0 Å². The Morgan fingerprint density at radius 1 is 1.04 bits per heavy atom. The van der Waals surface area contributed by atoms with Crippen molar-refractivity contribution in [3.63, 3.8) is 0 Å². The lowest BCUT2D eigenvalue weighted by Gasteiger charge is -2.14. The largest absolute Gasteiger partial charge is 0.497 e. The van der Waals surface area contributed by atoms with Crippen LogP contribution in [0.25, 0.3) is 5.57 Å². The molecule has 2 aromatic rings. The van der Waals surface area contributed by atoms with Crippen LogP contribution in [-0.2, 0) is 16.1 Å². The Kier molecular flexibility index (Phi) is 4.49. The molecule has 0 bridgehead atoms. The maximum Gasteiger partial charge on any atom is 0.267 e. The fourth-order valence-electron chi connectivity index (χ4n) is 3.19. The van der Waals surface area contributed by atoms with E-state index in [0.717, 1.165) is 22.6 Å². The number of carbonyl (C=O) groups excluding carboxylic acids is 2. The predicted molar refractivity (Wildman–Crippen MR) is 111 cm³/mol. The topological polar surface area (TPSA) is 49.9 Å². The molecule has 0 aliphatic carbocycles. The number of amides is 2. The van der Waals surface area contributed by atoms with E-state index in [0.29, 0.717) is 21.3 Å². The van der Waals surface area contributed by atoms with Gasteiger partial charge in [0.25, 0.3) is 11.8 Å². The Balaban J connectivity index is 1.68. The first kappa shape index (κ1) is 17.8. The monoisotopic (exact) mass is 396 g/mol. The van der Waals surface area contributed by atoms with Crippen molar-refractivity contribution >= 4 is 51.4 Å². The minimum atomic E-state index is -0.228. The lowest BCUT2D eigenvalue weighted by Crippen LogP contribution is -2.28. The highest BCUT2D eigenvalue weighted by molar-refractivity contribution is 8.26. The maximum absolute atomic E-state index is 13.1. The zero-order valence-corrected chi connectivity index (χ0v) is 16.4. The second-order valence-corrected chi connectivity index (χ2v) is 7.84. The molecule has 2 aliphatic rings. The Morgan fingerprint density at radius 3 is 2.44 bits per heavy atom. The Morgan fingerprint density at radius 2 is 1.74 bits per heavy atom. The number of benzene rings is 2. The van der Waals surface area contributed by atoms with E-state index in [2.05, 4.69) is 0 Å². The molecule has 7 heteroatoms. The van der Waals surface area contributed by atoms with Crippen molar-refractivity contribution in [2.24, 2.45) is 0 Å². The second-order valence-electron chi connectivity index (χ2n) is 6.19. The van der Waals surface area contributed by atoms with Crippen LogP contribution in [-0.4, -0.2) is 35.2 Å². The standard InChI is InChI=1S/C20H16N2O3S2/c1-21-15-6-4-3-5-14(15)16(18(21)23)17-19(24)22(20(26)27-17)11-12-7-9-13(25-2)10-8-12/h3-10H,11H2,1-2H3. The van der Waals surface area contributed by atoms with Crippen LogP contribution in [0.15, 0.2) is 53.4 Å². The molecular weight excluding hydrogens is 380 g/mol. The molecule has 1 saturated heterocycles. The van der Waals surface area contributed by atoms with Crippen molar-refractivity contribution in [3.05, 3.63) is 64.6 Å². The third-order valence-corrected chi connectivity index (χ3v) is 6.08. The normalized spacial score (nSPS) is 19.1. The van der Waals surface area contributed by atoms with Gasteiger partial charge in [0.05, 0.1) is 29.8 Å². The van der Waals surface area contributed by atoms with Crippen LogP contribution in [0.3, 0.4) is 0 Å².